The molecule has 0 aliphatic carbocycles. The topological polar surface area (TPSA) is 30.5 Å². The first-order valence-corrected chi connectivity index (χ1v) is 6.47. The summed E-state index contributed by atoms with van der Waals surface area (Å²) in [7, 11) is 1.73. The Labute approximate surface area is 110 Å². The molecular weight excluding hydrogens is 226 g/mol. The van der Waals surface area contributed by atoms with E-state index in [0.717, 1.165) is 19.6 Å². The van der Waals surface area contributed by atoms with Gasteiger partial charge in [-0.25, -0.2) is 0 Å². The maximum atomic E-state index is 5.68. The van der Waals surface area contributed by atoms with E-state index < -0.39 is 0 Å². The van der Waals surface area contributed by atoms with Crippen molar-refractivity contribution < 1.29 is 9.47 Å². The lowest BCUT2D eigenvalue weighted by Gasteiger charge is -2.20. The predicted octanol–water partition coefficient (Wildman–Crippen LogP) is 3.10. The number of hydrogen-bond acceptors (Lipinski definition) is 3. The summed E-state index contributed by atoms with van der Waals surface area (Å²) in [5.41, 5.74) is 2.39. The van der Waals surface area contributed by atoms with Gasteiger partial charge in [0.05, 0.1) is 18.8 Å². The summed E-state index contributed by atoms with van der Waals surface area (Å²) in [6.45, 7) is 8.49. The third kappa shape index (κ3) is 6.03. The molecule has 18 heavy (non-hydrogen) atoms. The summed E-state index contributed by atoms with van der Waals surface area (Å²) in [6, 6.07) is 8.33. The minimum atomic E-state index is -0.0722. The summed E-state index contributed by atoms with van der Waals surface area (Å²) >= 11 is 0. The molecule has 0 atom stereocenters. The highest BCUT2D eigenvalue weighted by Crippen LogP contribution is 2.15. The number of rotatable bonds is 7. The van der Waals surface area contributed by atoms with Gasteiger partial charge in [-0.3, -0.25) is 0 Å². The van der Waals surface area contributed by atoms with Gasteiger partial charge in [-0.15, -0.1) is 0 Å². The standard InChI is InChI=1S/C15H25NO2/c1-15(2,3)18-12-10-16-14-8-6-5-7-13(14)9-11-17-4/h5-8,16H,9-12H2,1-4H3. The molecule has 1 N–H and O–H groups in total. The lowest BCUT2D eigenvalue weighted by atomic mass is 10.1. The Hall–Kier alpha value is -1.06. The number of methoxy groups -OCH3 is 1. The van der Waals surface area contributed by atoms with Gasteiger partial charge in [0.25, 0.3) is 0 Å². The first kappa shape index (κ1) is 15.0. The molecule has 0 aliphatic heterocycles. The number of anilines is 1. The fraction of sp³-hybridized carbons (Fsp3) is 0.600. The molecule has 0 spiro atoms. The van der Waals surface area contributed by atoms with Crippen LogP contribution in [0.5, 0.6) is 0 Å². The molecule has 1 aromatic rings. The molecule has 0 aromatic heterocycles. The van der Waals surface area contributed by atoms with Crippen LogP contribution in [0.3, 0.4) is 0 Å². The van der Waals surface area contributed by atoms with Gasteiger partial charge in [0.2, 0.25) is 0 Å². The highest BCUT2D eigenvalue weighted by Gasteiger charge is 2.09. The average molecular weight is 251 g/mol. The molecule has 0 aliphatic rings. The first-order chi connectivity index (χ1) is 8.53. The van der Waals surface area contributed by atoms with Gasteiger partial charge in [0.15, 0.2) is 0 Å². The minimum absolute atomic E-state index is 0.0722. The molecule has 0 bridgehead atoms. The summed E-state index contributed by atoms with van der Waals surface area (Å²) in [6.07, 6.45) is 0.930. The van der Waals surface area contributed by atoms with E-state index in [0.29, 0.717) is 6.61 Å². The van der Waals surface area contributed by atoms with Gasteiger partial charge in [-0.05, 0) is 38.8 Å². The highest BCUT2D eigenvalue weighted by molar-refractivity contribution is 5.51. The van der Waals surface area contributed by atoms with Gasteiger partial charge in [0, 0.05) is 19.3 Å². The fourth-order valence-electron chi connectivity index (χ4n) is 1.67. The molecule has 1 aromatic carbocycles. The Kier molecular flexibility index (Phi) is 6.16. The van der Waals surface area contributed by atoms with Crippen LogP contribution in [-0.2, 0) is 15.9 Å². The van der Waals surface area contributed by atoms with Crippen molar-refractivity contribution in [3.8, 4) is 0 Å². The zero-order valence-electron chi connectivity index (χ0n) is 12.0. The van der Waals surface area contributed by atoms with E-state index >= 15 is 0 Å². The van der Waals surface area contributed by atoms with Crippen LogP contribution < -0.4 is 5.32 Å². The van der Waals surface area contributed by atoms with Gasteiger partial charge in [-0.2, -0.15) is 0 Å². The molecule has 0 fully saturated rings. The number of para-hydroxylation sites is 1. The maximum absolute atomic E-state index is 5.68. The number of nitrogens with one attached hydrogen (secondary N) is 1. The second kappa shape index (κ2) is 7.39. The van der Waals surface area contributed by atoms with E-state index in [-0.39, 0.29) is 5.60 Å². The van der Waals surface area contributed by atoms with Gasteiger partial charge < -0.3 is 14.8 Å². The quantitative estimate of drug-likeness (QED) is 0.755. The second-order valence-electron chi connectivity index (χ2n) is 5.29. The monoisotopic (exact) mass is 251 g/mol. The van der Waals surface area contributed by atoms with Crippen molar-refractivity contribution in [2.24, 2.45) is 0 Å². The Balaban J connectivity index is 2.41. The first-order valence-electron chi connectivity index (χ1n) is 6.47. The van der Waals surface area contributed by atoms with Crippen LogP contribution in [0.2, 0.25) is 0 Å². The molecule has 1 rings (SSSR count). The molecule has 102 valence electrons. The molecule has 0 amide bonds. The van der Waals surface area contributed by atoms with E-state index in [9.17, 15) is 0 Å². The Morgan fingerprint density at radius 2 is 1.83 bits per heavy atom. The number of ether oxygens (including phenoxy) is 2. The van der Waals surface area contributed by atoms with Crippen molar-refractivity contribution in [3.63, 3.8) is 0 Å². The van der Waals surface area contributed by atoms with Crippen molar-refractivity contribution in [1.82, 2.24) is 0 Å². The molecule has 0 heterocycles. The van der Waals surface area contributed by atoms with Crippen molar-refractivity contribution >= 4 is 5.69 Å². The van der Waals surface area contributed by atoms with E-state index in [1.165, 1.54) is 11.3 Å². The van der Waals surface area contributed by atoms with Crippen LogP contribution in [0, 0.1) is 0 Å². The van der Waals surface area contributed by atoms with Crippen LogP contribution in [0.1, 0.15) is 26.3 Å². The highest BCUT2D eigenvalue weighted by atomic mass is 16.5. The molecule has 3 nitrogen and oxygen atoms in total. The number of benzene rings is 1. The van der Waals surface area contributed by atoms with Crippen molar-refractivity contribution in [2.45, 2.75) is 32.8 Å². The van der Waals surface area contributed by atoms with Gasteiger partial charge >= 0.3 is 0 Å². The maximum Gasteiger partial charge on any atom is 0.0646 e. The van der Waals surface area contributed by atoms with E-state index in [1.807, 2.05) is 6.07 Å². The average Bonchev–Trinajstić information content (AvgIpc) is 2.32. The second-order valence-corrected chi connectivity index (χ2v) is 5.29. The summed E-state index contributed by atoms with van der Waals surface area (Å²) in [4.78, 5) is 0. The minimum Gasteiger partial charge on any atom is -0.384 e. The normalized spacial score (nSPS) is 11.6. The van der Waals surface area contributed by atoms with Crippen molar-refractivity contribution in [2.75, 3.05) is 32.2 Å². The largest absolute Gasteiger partial charge is 0.384 e. The predicted molar refractivity (Wildman–Crippen MR) is 76.2 cm³/mol. The lowest BCUT2D eigenvalue weighted by molar-refractivity contribution is 0.00333. The Morgan fingerprint density at radius 1 is 1.11 bits per heavy atom. The van der Waals surface area contributed by atoms with E-state index in [1.54, 1.807) is 7.11 Å². The Morgan fingerprint density at radius 3 is 2.50 bits per heavy atom. The number of hydrogen-bond donors (Lipinski definition) is 1. The fourth-order valence-corrected chi connectivity index (χ4v) is 1.67. The van der Waals surface area contributed by atoms with Gasteiger partial charge in [0.1, 0.15) is 0 Å². The SMILES string of the molecule is COCCc1ccccc1NCCOC(C)(C)C. The van der Waals surface area contributed by atoms with Crippen LogP contribution >= 0.6 is 0 Å². The zero-order chi connectivity index (χ0) is 13.4. The molecule has 3 heteroatoms. The van der Waals surface area contributed by atoms with Crippen LogP contribution in [0.15, 0.2) is 24.3 Å². The lowest BCUT2D eigenvalue weighted by Crippen LogP contribution is -2.23. The molecule has 0 radical (unpaired) electrons. The zero-order valence-corrected chi connectivity index (χ0v) is 12.0. The Bertz CT molecular complexity index is 345. The third-order valence-corrected chi connectivity index (χ3v) is 2.55. The van der Waals surface area contributed by atoms with Crippen LogP contribution in [0.25, 0.3) is 0 Å². The summed E-state index contributed by atoms with van der Waals surface area (Å²) in [5, 5.41) is 3.41. The molecule has 0 unspecified atom stereocenters. The third-order valence-electron chi connectivity index (χ3n) is 2.55. The van der Waals surface area contributed by atoms with Crippen molar-refractivity contribution in [3.05, 3.63) is 29.8 Å². The van der Waals surface area contributed by atoms with Crippen LogP contribution in [-0.4, -0.2) is 32.5 Å². The molecule has 0 saturated carbocycles. The molecular formula is C15H25NO2. The van der Waals surface area contributed by atoms with Crippen LogP contribution in [0.4, 0.5) is 5.69 Å². The van der Waals surface area contributed by atoms with Gasteiger partial charge in [-0.1, -0.05) is 18.2 Å². The van der Waals surface area contributed by atoms with E-state index in [4.69, 9.17) is 9.47 Å². The van der Waals surface area contributed by atoms with Crippen molar-refractivity contribution in [1.29, 1.82) is 0 Å². The molecule has 0 saturated heterocycles. The summed E-state index contributed by atoms with van der Waals surface area (Å²) < 4.78 is 10.8. The van der Waals surface area contributed by atoms with E-state index in [2.05, 4.69) is 44.3 Å². The summed E-state index contributed by atoms with van der Waals surface area (Å²) in [5.74, 6) is 0. The smallest absolute Gasteiger partial charge is 0.0646 e.